The first-order valence-corrected chi connectivity index (χ1v) is 3.17. The molecule has 0 aromatic rings. The molecule has 0 rings (SSSR count). The van der Waals surface area contributed by atoms with E-state index in [9.17, 15) is 9.59 Å². The monoisotopic (exact) mass is 155 g/mol. The van der Waals surface area contributed by atoms with Crippen LogP contribution in [0.25, 0.3) is 0 Å². The average Bonchev–Trinajstić information content (AvgIpc) is 2.00. The van der Waals surface area contributed by atoms with E-state index in [0.717, 1.165) is 4.90 Å². The molecule has 11 heavy (non-hydrogen) atoms. The van der Waals surface area contributed by atoms with Crippen LogP contribution in [-0.2, 0) is 9.59 Å². The van der Waals surface area contributed by atoms with Gasteiger partial charge in [0.15, 0.2) is 0 Å². The topological polar surface area (TPSA) is 49.4 Å². The van der Waals surface area contributed by atoms with Gasteiger partial charge in [0, 0.05) is 13.6 Å². The summed E-state index contributed by atoms with van der Waals surface area (Å²) in [7, 11) is 1.49. The van der Waals surface area contributed by atoms with Crippen LogP contribution in [0, 0.1) is 0 Å². The summed E-state index contributed by atoms with van der Waals surface area (Å²) < 4.78 is 0. The fraction of sp³-hybridized carbons (Fsp3) is 0.429. The van der Waals surface area contributed by atoms with Crippen molar-refractivity contribution in [2.75, 3.05) is 20.1 Å². The molecule has 1 N–H and O–H groups in total. The Bertz CT molecular complexity index is 157. The van der Waals surface area contributed by atoms with Gasteiger partial charge >= 0.3 is 6.41 Å². The van der Waals surface area contributed by atoms with E-state index in [1.54, 1.807) is 12.5 Å². The number of carbonyl (C=O) groups is 1. The van der Waals surface area contributed by atoms with Crippen LogP contribution in [-0.4, -0.2) is 37.4 Å². The third-order valence-corrected chi connectivity index (χ3v) is 0.980. The normalized spacial score (nSPS) is 8.45. The van der Waals surface area contributed by atoms with Gasteiger partial charge in [0.2, 0.25) is 5.91 Å². The molecular formula is C7H11N2O2. The third-order valence-electron chi connectivity index (χ3n) is 0.980. The zero-order chi connectivity index (χ0) is 8.69. The number of carbonyl (C=O) groups excluding carboxylic acids is 2. The lowest BCUT2D eigenvalue weighted by molar-refractivity contribution is -0.121. The molecule has 0 fully saturated rings. The van der Waals surface area contributed by atoms with Gasteiger partial charge < -0.3 is 10.2 Å². The van der Waals surface area contributed by atoms with Gasteiger partial charge in [-0.05, 0) is 0 Å². The molecule has 0 aliphatic rings. The van der Waals surface area contributed by atoms with Crippen LogP contribution in [0.2, 0.25) is 0 Å². The van der Waals surface area contributed by atoms with Gasteiger partial charge in [0.05, 0.1) is 6.54 Å². The molecule has 0 atom stereocenters. The Morgan fingerprint density at radius 3 is 2.91 bits per heavy atom. The minimum Gasteiger partial charge on any atom is -0.351 e. The Labute approximate surface area is 65.9 Å². The van der Waals surface area contributed by atoms with Gasteiger partial charge in [-0.3, -0.25) is 9.59 Å². The van der Waals surface area contributed by atoms with Crippen molar-refractivity contribution in [2.45, 2.75) is 0 Å². The van der Waals surface area contributed by atoms with Crippen LogP contribution in [0.1, 0.15) is 0 Å². The van der Waals surface area contributed by atoms with E-state index in [2.05, 4.69) is 11.9 Å². The lowest BCUT2D eigenvalue weighted by Gasteiger charge is -2.07. The van der Waals surface area contributed by atoms with Gasteiger partial charge in [-0.15, -0.1) is 6.58 Å². The summed E-state index contributed by atoms with van der Waals surface area (Å²) in [4.78, 5) is 21.8. The zero-order valence-corrected chi connectivity index (χ0v) is 6.46. The summed E-state index contributed by atoms with van der Waals surface area (Å²) in [5.41, 5.74) is 0. The summed E-state index contributed by atoms with van der Waals surface area (Å²) >= 11 is 0. The molecule has 0 aromatic carbocycles. The Kier molecular flexibility index (Phi) is 4.81. The van der Waals surface area contributed by atoms with Gasteiger partial charge in [0.1, 0.15) is 0 Å². The highest BCUT2D eigenvalue weighted by atomic mass is 16.2. The fourth-order valence-electron chi connectivity index (χ4n) is 0.490. The van der Waals surface area contributed by atoms with E-state index in [1.807, 2.05) is 0 Å². The second kappa shape index (κ2) is 5.46. The van der Waals surface area contributed by atoms with Gasteiger partial charge in [-0.25, -0.2) is 0 Å². The number of likely N-dealkylation sites (N-methyl/N-ethyl adjacent to an activating group) is 1. The van der Waals surface area contributed by atoms with Crippen molar-refractivity contribution >= 4 is 12.3 Å². The number of nitrogens with one attached hydrogen (secondary N) is 1. The fourth-order valence-corrected chi connectivity index (χ4v) is 0.490. The van der Waals surface area contributed by atoms with Crippen molar-refractivity contribution in [2.24, 2.45) is 0 Å². The molecule has 0 saturated carbocycles. The molecule has 4 heteroatoms. The van der Waals surface area contributed by atoms with Crippen LogP contribution in [0.15, 0.2) is 12.7 Å². The average molecular weight is 155 g/mol. The second-order valence-electron chi connectivity index (χ2n) is 2.04. The summed E-state index contributed by atoms with van der Waals surface area (Å²) in [5, 5.41) is 2.52. The molecule has 0 aliphatic carbocycles. The SMILES string of the molecule is C=CCNC(=O)CN(C)[C]=O. The molecule has 0 saturated heterocycles. The summed E-state index contributed by atoms with van der Waals surface area (Å²) in [6.45, 7) is 3.89. The second-order valence-corrected chi connectivity index (χ2v) is 2.04. The van der Waals surface area contributed by atoms with Crippen molar-refractivity contribution in [1.82, 2.24) is 10.2 Å². The first-order valence-electron chi connectivity index (χ1n) is 3.17. The number of nitrogens with zero attached hydrogens (tertiary/aromatic N) is 1. The largest absolute Gasteiger partial charge is 0.351 e. The van der Waals surface area contributed by atoms with E-state index < -0.39 is 0 Å². The quantitative estimate of drug-likeness (QED) is 0.421. The molecule has 0 aromatic heterocycles. The lowest BCUT2D eigenvalue weighted by atomic mass is 10.5. The molecule has 0 spiro atoms. The van der Waals surface area contributed by atoms with E-state index in [0.29, 0.717) is 6.54 Å². The number of hydrogen-bond acceptors (Lipinski definition) is 2. The molecule has 4 nitrogen and oxygen atoms in total. The van der Waals surface area contributed by atoms with Gasteiger partial charge in [-0.1, -0.05) is 6.08 Å². The maximum Gasteiger partial charge on any atom is 0.312 e. The Morgan fingerprint density at radius 1 is 1.82 bits per heavy atom. The molecular weight excluding hydrogens is 144 g/mol. The van der Waals surface area contributed by atoms with Crippen molar-refractivity contribution in [3.8, 4) is 0 Å². The van der Waals surface area contributed by atoms with Crippen molar-refractivity contribution in [1.29, 1.82) is 0 Å². The van der Waals surface area contributed by atoms with E-state index in [1.165, 1.54) is 7.05 Å². The minimum absolute atomic E-state index is 0.0390. The maximum absolute atomic E-state index is 10.8. The highest BCUT2D eigenvalue weighted by Crippen LogP contribution is 1.74. The van der Waals surface area contributed by atoms with Crippen LogP contribution in [0.5, 0.6) is 0 Å². The first-order chi connectivity index (χ1) is 5.20. The Hall–Kier alpha value is -1.32. The number of amides is 2. The Balaban J connectivity index is 3.51. The van der Waals surface area contributed by atoms with Crippen molar-refractivity contribution in [3.63, 3.8) is 0 Å². The molecule has 1 radical (unpaired) electrons. The molecule has 0 aliphatic heterocycles. The van der Waals surface area contributed by atoms with Crippen LogP contribution < -0.4 is 5.32 Å². The smallest absolute Gasteiger partial charge is 0.312 e. The van der Waals surface area contributed by atoms with Crippen molar-refractivity contribution < 1.29 is 9.59 Å². The number of rotatable bonds is 5. The predicted molar refractivity (Wildman–Crippen MR) is 41.5 cm³/mol. The summed E-state index contributed by atoms with van der Waals surface area (Å²) in [5.74, 6) is -0.212. The highest BCUT2D eigenvalue weighted by Gasteiger charge is 2.02. The highest BCUT2D eigenvalue weighted by molar-refractivity contribution is 5.79. The van der Waals surface area contributed by atoms with E-state index >= 15 is 0 Å². The molecule has 0 bridgehead atoms. The molecule has 0 unspecified atom stereocenters. The maximum atomic E-state index is 10.8. The minimum atomic E-state index is -0.212. The Morgan fingerprint density at radius 2 is 2.45 bits per heavy atom. The molecule has 2 amide bonds. The van der Waals surface area contributed by atoms with E-state index in [4.69, 9.17) is 0 Å². The van der Waals surface area contributed by atoms with Gasteiger partial charge in [-0.2, -0.15) is 0 Å². The summed E-state index contributed by atoms with van der Waals surface area (Å²) in [6.07, 6.45) is 3.14. The van der Waals surface area contributed by atoms with Gasteiger partial charge in [0.25, 0.3) is 0 Å². The van der Waals surface area contributed by atoms with Crippen LogP contribution in [0.3, 0.4) is 0 Å². The summed E-state index contributed by atoms with van der Waals surface area (Å²) in [6, 6.07) is 0. The molecule has 0 heterocycles. The predicted octanol–water partition coefficient (Wildman–Crippen LogP) is -0.712. The van der Waals surface area contributed by atoms with E-state index in [-0.39, 0.29) is 12.5 Å². The van der Waals surface area contributed by atoms with Crippen LogP contribution >= 0.6 is 0 Å². The molecule has 61 valence electrons. The number of hydrogen-bond donors (Lipinski definition) is 1. The zero-order valence-electron chi connectivity index (χ0n) is 6.46. The first kappa shape index (κ1) is 9.68. The van der Waals surface area contributed by atoms with Crippen molar-refractivity contribution in [3.05, 3.63) is 12.7 Å². The van der Waals surface area contributed by atoms with Crippen LogP contribution in [0.4, 0.5) is 0 Å². The standard InChI is InChI=1S/C7H11N2O2/c1-3-4-8-7(11)5-9(2)6-10/h3H,1,4-5H2,2H3,(H,8,11). The lowest BCUT2D eigenvalue weighted by Crippen LogP contribution is -2.34. The third kappa shape index (κ3) is 5.14.